The van der Waals surface area contributed by atoms with E-state index in [9.17, 15) is 10.2 Å². The van der Waals surface area contributed by atoms with Crippen LogP contribution in [0.1, 0.15) is 0 Å². The maximum absolute atomic E-state index is 9.79. The monoisotopic (exact) mass is 234 g/mol. The van der Waals surface area contributed by atoms with E-state index < -0.39 is 37.3 Å². The summed E-state index contributed by atoms with van der Waals surface area (Å²) >= 11 is 0. The standard InChI is InChI=1S/C10H18O6/c1-3-4-15-9-8(13)7(12)6(5-11)16-10(9)14-2/h3,6-13H,1,4-5H2,2H3/t6-,7-,8+,9-,10+/m1/s1. The van der Waals surface area contributed by atoms with Gasteiger partial charge in [-0.05, 0) is 0 Å². The molecule has 0 spiro atoms. The zero-order valence-electron chi connectivity index (χ0n) is 9.15. The number of hydrogen-bond acceptors (Lipinski definition) is 6. The van der Waals surface area contributed by atoms with Gasteiger partial charge in [-0.3, -0.25) is 0 Å². The second-order valence-corrected chi connectivity index (χ2v) is 3.53. The van der Waals surface area contributed by atoms with Gasteiger partial charge in [-0.15, -0.1) is 6.58 Å². The minimum absolute atomic E-state index is 0.210. The van der Waals surface area contributed by atoms with Crippen LogP contribution in [-0.4, -0.2) is 66.3 Å². The number of aliphatic hydroxyl groups is 3. The van der Waals surface area contributed by atoms with Crippen molar-refractivity contribution in [3.05, 3.63) is 12.7 Å². The molecular formula is C10H18O6. The van der Waals surface area contributed by atoms with Crippen LogP contribution in [0.4, 0.5) is 0 Å². The van der Waals surface area contributed by atoms with Crippen molar-refractivity contribution in [2.24, 2.45) is 0 Å². The molecule has 1 rings (SSSR count). The van der Waals surface area contributed by atoms with Crippen molar-refractivity contribution in [2.75, 3.05) is 20.3 Å². The summed E-state index contributed by atoms with van der Waals surface area (Å²) in [6, 6.07) is 0. The first kappa shape index (κ1) is 13.6. The minimum Gasteiger partial charge on any atom is -0.394 e. The van der Waals surface area contributed by atoms with Crippen LogP contribution >= 0.6 is 0 Å². The smallest absolute Gasteiger partial charge is 0.186 e. The summed E-state index contributed by atoms with van der Waals surface area (Å²) in [4.78, 5) is 0. The minimum atomic E-state index is -1.20. The van der Waals surface area contributed by atoms with Gasteiger partial charge in [0.15, 0.2) is 6.29 Å². The Morgan fingerprint density at radius 1 is 1.38 bits per heavy atom. The van der Waals surface area contributed by atoms with E-state index in [4.69, 9.17) is 19.3 Å². The molecule has 3 N–H and O–H groups in total. The van der Waals surface area contributed by atoms with Crippen LogP contribution in [0.15, 0.2) is 12.7 Å². The summed E-state index contributed by atoms with van der Waals surface area (Å²) < 4.78 is 15.5. The van der Waals surface area contributed by atoms with E-state index in [0.29, 0.717) is 0 Å². The fraction of sp³-hybridized carbons (Fsp3) is 0.800. The molecular weight excluding hydrogens is 216 g/mol. The Bertz CT molecular complexity index is 219. The van der Waals surface area contributed by atoms with E-state index in [1.807, 2.05) is 0 Å². The molecule has 1 aliphatic rings. The lowest BCUT2D eigenvalue weighted by Crippen LogP contribution is -2.59. The zero-order valence-corrected chi connectivity index (χ0v) is 9.15. The first-order chi connectivity index (χ1) is 7.65. The lowest BCUT2D eigenvalue weighted by atomic mass is 9.99. The second-order valence-electron chi connectivity index (χ2n) is 3.53. The lowest BCUT2D eigenvalue weighted by molar-refractivity contribution is -0.301. The average Bonchev–Trinajstić information content (AvgIpc) is 2.31. The lowest BCUT2D eigenvalue weighted by Gasteiger charge is -2.41. The number of rotatable bonds is 5. The Morgan fingerprint density at radius 2 is 2.06 bits per heavy atom. The molecule has 0 unspecified atom stereocenters. The Balaban J connectivity index is 2.69. The molecule has 0 aromatic heterocycles. The average molecular weight is 234 g/mol. The predicted octanol–water partition coefficient (Wildman–Crippen LogP) is -1.36. The van der Waals surface area contributed by atoms with E-state index in [1.165, 1.54) is 13.2 Å². The first-order valence-electron chi connectivity index (χ1n) is 5.03. The zero-order chi connectivity index (χ0) is 12.1. The van der Waals surface area contributed by atoms with Crippen molar-refractivity contribution in [3.63, 3.8) is 0 Å². The van der Waals surface area contributed by atoms with Crippen molar-refractivity contribution >= 4 is 0 Å². The fourth-order valence-electron chi connectivity index (χ4n) is 1.60. The van der Waals surface area contributed by atoms with Crippen molar-refractivity contribution in [1.29, 1.82) is 0 Å². The molecule has 0 aromatic rings. The van der Waals surface area contributed by atoms with Crippen LogP contribution in [0.2, 0.25) is 0 Å². The maximum atomic E-state index is 9.79. The Labute approximate surface area is 94.1 Å². The van der Waals surface area contributed by atoms with E-state index in [-0.39, 0.29) is 6.61 Å². The maximum Gasteiger partial charge on any atom is 0.186 e. The van der Waals surface area contributed by atoms with Crippen molar-refractivity contribution < 1.29 is 29.5 Å². The summed E-state index contributed by atoms with van der Waals surface area (Å²) in [5, 5.41) is 28.4. The summed E-state index contributed by atoms with van der Waals surface area (Å²) in [6.45, 7) is 3.29. The molecule has 6 nitrogen and oxygen atoms in total. The molecule has 0 aromatic carbocycles. The summed E-state index contributed by atoms with van der Waals surface area (Å²) in [5.41, 5.74) is 0. The van der Waals surface area contributed by atoms with Gasteiger partial charge in [-0.1, -0.05) is 6.08 Å². The molecule has 1 saturated heterocycles. The Kier molecular flexibility index (Phi) is 5.33. The molecule has 0 bridgehead atoms. The SMILES string of the molecule is C=CCO[C@H]1[C@@H](OC)O[C@H](CO)[C@@H](O)[C@@H]1O. The summed E-state index contributed by atoms with van der Waals surface area (Å²) in [6.07, 6.45) is -3.36. The highest BCUT2D eigenvalue weighted by molar-refractivity contribution is 4.90. The molecule has 0 saturated carbocycles. The van der Waals surface area contributed by atoms with Gasteiger partial charge in [0.25, 0.3) is 0 Å². The van der Waals surface area contributed by atoms with Crippen molar-refractivity contribution in [2.45, 2.75) is 30.7 Å². The van der Waals surface area contributed by atoms with Crippen LogP contribution in [-0.2, 0) is 14.2 Å². The van der Waals surface area contributed by atoms with E-state index in [2.05, 4.69) is 6.58 Å². The normalized spacial score (nSPS) is 39.6. The molecule has 0 amide bonds. The van der Waals surface area contributed by atoms with Gasteiger partial charge in [0.2, 0.25) is 0 Å². The number of methoxy groups -OCH3 is 1. The summed E-state index contributed by atoms with van der Waals surface area (Å²) in [5.74, 6) is 0. The highest BCUT2D eigenvalue weighted by atomic mass is 16.7. The fourth-order valence-corrected chi connectivity index (χ4v) is 1.60. The Hall–Kier alpha value is -0.500. The van der Waals surface area contributed by atoms with Crippen LogP contribution in [0.5, 0.6) is 0 Å². The number of ether oxygens (including phenoxy) is 3. The molecule has 16 heavy (non-hydrogen) atoms. The van der Waals surface area contributed by atoms with Gasteiger partial charge in [0.05, 0.1) is 13.2 Å². The van der Waals surface area contributed by atoms with Crippen LogP contribution in [0, 0.1) is 0 Å². The highest BCUT2D eigenvalue weighted by Crippen LogP contribution is 2.23. The molecule has 1 aliphatic heterocycles. The molecule has 0 radical (unpaired) electrons. The van der Waals surface area contributed by atoms with Crippen molar-refractivity contribution in [1.82, 2.24) is 0 Å². The molecule has 94 valence electrons. The van der Waals surface area contributed by atoms with Gasteiger partial charge in [0, 0.05) is 7.11 Å². The Morgan fingerprint density at radius 3 is 2.56 bits per heavy atom. The molecule has 1 fully saturated rings. The van der Waals surface area contributed by atoms with Gasteiger partial charge in [-0.25, -0.2) is 0 Å². The van der Waals surface area contributed by atoms with E-state index in [0.717, 1.165) is 0 Å². The van der Waals surface area contributed by atoms with Gasteiger partial charge < -0.3 is 29.5 Å². The van der Waals surface area contributed by atoms with Crippen LogP contribution in [0.25, 0.3) is 0 Å². The largest absolute Gasteiger partial charge is 0.394 e. The topological polar surface area (TPSA) is 88.4 Å². The van der Waals surface area contributed by atoms with Gasteiger partial charge in [-0.2, -0.15) is 0 Å². The third-order valence-corrected chi connectivity index (χ3v) is 2.46. The van der Waals surface area contributed by atoms with Crippen molar-refractivity contribution in [3.8, 4) is 0 Å². The molecule has 1 heterocycles. The van der Waals surface area contributed by atoms with Crippen LogP contribution < -0.4 is 0 Å². The second kappa shape index (κ2) is 6.29. The molecule has 5 atom stereocenters. The quantitative estimate of drug-likeness (QED) is 0.509. The third-order valence-electron chi connectivity index (χ3n) is 2.46. The van der Waals surface area contributed by atoms with Gasteiger partial charge >= 0.3 is 0 Å². The molecule has 0 aliphatic carbocycles. The predicted molar refractivity (Wildman–Crippen MR) is 54.7 cm³/mol. The van der Waals surface area contributed by atoms with Crippen LogP contribution in [0.3, 0.4) is 0 Å². The van der Waals surface area contributed by atoms with Gasteiger partial charge in [0.1, 0.15) is 24.4 Å². The molecule has 6 heteroatoms. The van der Waals surface area contributed by atoms with E-state index in [1.54, 1.807) is 0 Å². The summed E-state index contributed by atoms with van der Waals surface area (Å²) in [7, 11) is 1.40. The number of aliphatic hydroxyl groups excluding tert-OH is 3. The third kappa shape index (κ3) is 2.79. The highest BCUT2D eigenvalue weighted by Gasteiger charge is 2.45. The van der Waals surface area contributed by atoms with E-state index >= 15 is 0 Å². The number of hydrogen-bond donors (Lipinski definition) is 3. The first-order valence-corrected chi connectivity index (χ1v) is 5.03.